The van der Waals surface area contributed by atoms with Crippen molar-refractivity contribution in [3.63, 3.8) is 0 Å². The van der Waals surface area contributed by atoms with E-state index in [0.29, 0.717) is 32.0 Å². The molecule has 0 aromatic carbocycles. The molecule has 21 nitrogen and oxygen atoms in total. The van der Waals surface area contributed by atoms with E-state index in [-0.39, 0.29) is 97.1 Å². The summed E-state index contributed by atoms with van der Waals surface area (Å²) in [5.74, 6) is -4.01. The van der Waals surface area contributed by atoms with Gasteiger partial charge in [-0.15, -0.1) is 0 Å². The van der Waals surface area contributed by atoms with E-state index in [0.717, 1.165) is 116 Å². The summed E-state index contributed by atoms with van der Waals surface area (Å²) in [6.45, 7) is 6.44. The number of carbonyl (C=O) groups is 6. The van der Waals surface area contributed by atoms with Gasteiger partial charge in [-0.25, -0.2) is 0 Å². The maximum Gasteiger partial charge on any atom is 1.00 e. The zero-order valence-corrected chi connectivity index (χ0v) is 66.4. The van der Waals surface area contributed by atoms with Gasteiger partial charge < -0.3 is 66.9 Å². The van der Waals surface area contributed by atoms with Crippen LogP contribution in [0.15, 0.2) is 24.3 Å². The molecule has 0 aromatic heterocycles. The summed E-state index contributed by atoms with van der Waals surface area (Å²) >= 11 is 0. The molecule has 0 saturated heterocycles. The van der Waals surface area contributed by atoms with Crippen molar-refractivity contribution in [2.45, 2.75) is 341 Å². The molecule has 0 bridgehead atoms. The Hall–Kier alpha value is -1.20. The fourth-order valence-corrected chi connectivity index (χ4v) is 12.0. The molecule has 1 saturated carbocycles. The molecule has 0 aromatic rings. The fourth-order valence-electron chi connectivity index (χ4n) is 10.5. The van der Waals surface area contributed by atoms with Crippen LogP contribution in [0.5, 0.6) is 0 Å². The van der Waals surface area contributed by atoms with Crippen molar-refractivity contribution in [3.05, 3.63) is 24.3 Å². The number of ketones is 1. The van der Waals surface area contributed by atoms with Gasteiger partial charge in [0.25, 0.3) is 15.6 Å². The Morgan fingerprint density at radius 3 is 1.07 bits per heavy atom. The van der Waals surface area contributed by atoms with Crippen molar-refractivity contribution in [1.29, 1.82) is 0 Å². The minimum Gasteiger partial charge on any atom is -0.756 e. The molecule has 1 fully saturated rings. The van der Waals surface area contributed by atoms with Gasteiger partial charge in [0.15, 0.2) is 18.0 Å². The molecule has 0 amide bonds. The van der Waals surface area contributed by atoms with Crippen molar-refractivity contribution < 1.29 is 159 Å². The Labute approximate surface area is 623 Å². The molecule has 25 heteroatoms. The van der Waals surface area contributed by atoms with Gasteiger partial charge >= 0.3 is 83.0 Å². The third-order valence-electron chi connectivity index (χ3n) is 16.2. The number of carbonyl (C=O) groups excluding carboxylic acids is 6. The smallest absolute Gasteiger partial charge is 0.756 e. The molecular weight excluding hydrogens is 1300 g/mol. The summed E-state index contributed by atoms with van der Waals surface area (Å²) in [6, 6.07) is 0. The predicted molar refractivity (Wildman–Crippen MR) is 362 cm³/mol. The average Bonchev–Trinajstić information content (AvgIpc) is 0.828. The number of esters is 4. The summed E-state index contributed by atoms with van der Waals surface area (Å²) in [4.78, 5) is 98.8. The quantitative estimate of drug-likeness (QED) is 0.00747. The third kappa shape index (κ3) is 60.4. The van der Waals surface area contributed by atoms with E-state index >= 15 is 0 Å². The molecule has 8 atom stereocenters. The number of hydrogen-bond acceptors (Lipinski definition) is 21. The summed E-state index contributed by atoms with van der Waals surface area (Å²) in [5, 5.41) is 29.4. The number of rotatable bonds is 63. The van der Waals surface area contributed by atoms with Crippen molar-refractivity contribution in [1.82, 2.24) is 0 Å². The van der Waals surface area contributed by atoms with Gasteiger partial charge in [0, 0.05) is 25.7 Å². The summed E-state index contributed by atoms with van der Waals surface area (Å²) in [5.41, 5.74) is 0. The second kappa shape index (κ2) is 68.2. The number of Topliss-reactive ketones (excluding diaryl/α,β-unsaturated/α-hetero) is 1. The van der Waals surface area contributed by atoms with Crippen LogP contribution < -0.4 is 68.9 Å². The predicted octanol–water partition coefficient (Wildman–Crippen LogP) is 8.98. The number of aliphatic hydroxyl groups excluding tert-OH is 3. The Balaban J connectivity index is -0.00000370. The van der Waals surface area contributed by atoms with Crippen LogP contribution in [0, 0.1) is 11.8 Å². The zero-order chi connectivity index (χ0) is 69.8. The maximum atomic E-state index is 12.8. The zero-order valence-electron chi connectivity index (χ0n) is 60.7. The van der Waals surface area contributed by atoms with E-state index in [1.54, 1.807) is 12.2 Å². The minimum atomic E-state index is -5.20. The van der Waals surface area contributed by atoms with Crippen LogP contribution in [0.4, 0.5) is 0 Å². The summed E-state index contributed by atoms with van der Waals surface area (Å²) in [6.07, 6.45) is 42.0. The largest absolute Gasteiger partial charge is 1.00 e. The second-order valence-corrected chi connectivity index (χ2v) is 28.0. The van der Waals surface area contributed by atoms with Crippen LogP contribution in [0.3, 0.4) is 0 Å². The molecule has 0 aliphatic heterocycles. The molecule has 3 N–H and O–H groups in total. The number of aliphatic hydroxyl groups is 3. The van der Waals surface area contributed by atoms with Crippen LogP contribution in [0.2, 0.25) is 0 Å². The number of ether oxygens (including phenoxy) is 4. The van der Waals surface area contributed by atoms with Gasteiger partial charge in [-0.1, -0.05) is 271 Å². The first-order valence-electron chi connectivity index (χ1n) is 36.5. The van der Waals surface area contributed by atoms with Crippen molar-refractivity contribution in [2.75, 3.05) is 39.6 Å². The van der Waals surface area contributed by atoms with E-state index < -0.39 is 121 Å². The standard InChI is InChI=1S/C57H110O17P2.C14H20O4.2Na/c1-5-9-13-17-21-25-29-33-37-41-54(59)67-47-52(73-56(61)43-39-35-31-27-23-19-15-11-7-3)49-71-75(63,64)69-45-51(58)46-70-76(65,66)72-50-53(74-57(62)44-40-36-32-28-24-20-16-12-8-4)48-68-55(60)42-38-34-30-26-22-18-14-10-6-2;1-2-3-4-5-6-7-10-8-12(16)14(18)13(17)11(10)9-15;;/h51-53,58H,5-50H2,1-4H3,(H,63,64)(H,65,66);4-7,9-12,14,16,18H,2-3,8H2,1H3;;/q;;2*+1/p-2. The molecule has 0 radical (unpaired) electrons. The molecule has 550 valence electrons. The van der Waals surface area contributed by atoms with Gasteiger partial charge in [-0.05, 0) is 44.4 Å². The summed E-state index contributed by atoms with van der Waals surface area (Å²) in [7, 11) is -10.4. The molecule has 1 aliphatic rings. The first kappa shape index (κ1) is 99.0. The molecular formula is C71H128Na2O21P2. The van der Waals surface area contributed by atoms with E-state index in [1.165, 1.54) is 103 Å². The van der Waals surface area contributed by atoms with Crippen LogP contribution in [-0.2, 0) is 74.9 Å². The molecule has 1 rings (SSSR count). The minimum absolute atomic E-state index is 0. The van der Waals surface area contributed by atoms with E-state index in [2.05, 4.69) is 34.6 Å². The van der Waals surface area contributed by atoms with Crippen LogP contribution in [0.25, 0.3) is 0 Å². The first-order chi connectivity index (χ1) is 45.3. The topological polar surface area (TPSA) is 317 Å². The second-order valence-electron chi connectivity index (χ2n) is 25.2. The first-order valence-corrected chi connectivity index (χ1v) is 39.5. The summed E-state index contributed by atoms with van der Waals surface area (Å²) < 4.78 is 66.7. The number of aldehydes is 1. The molecule has 1 aliphatic carbocycles. The van der Waals surface area contributed by atoms with Crippen molar-refractivity contribution in [2.24, 2.45) is 11.8 Å². The van der Waals surface area contributed by atoms with E-state index in [4.69, 9.17) is 37.0 Å². The molecule has 0 spiro atoms. The number of unbranched alkanes of at least 4 members (excludes halogenated alkanes) is 33. The molecule has 96 heavy (non-hydrogen) atoms. The van der Waals surface area contributed by atoms with Gasteiger partial charge in [-0.3, -0.25) is 33.1 Å². The number of phosphoric acid groups is 2. The Morgan fingerprint density at radius 1 is 0.458 bits per heavy atom. The fraction of sp³-hybridized carbons (Fsp3) is 0.859. The average molecular weight is 1430 g/mol. The normalized spacial score (nSPS) is 17.6. The van der Waals surface area contributed by atoms with Crippen molar-refractivity contribution >= 4 is 51.6 Å². The number of hydrogen-bond donors (Lipinski definition) is 3. The van der Waals surface area contributed by atoms with Gasteiger partial charge in [0.05, 0.1) is 38.4 Å². The van der Waals surface area contributed by atoms with Gasteiger partial charge in [-0.2, -0.15) is 0 Å². The van der Waals surface area contributed by atoms with Crippen LogP contribution in [-0.4, -0.2) is 121 Å². The number of allylic oxidation sites excluding steroid dienone is 4. The number of phosphoric ester groups is 2. The maximum absolute atomic E-state index is 12.8. The van der Waals surface area contributed by atoms with E-state index in [9.17, 15) is 63.0 Å². The van der Waals surface area contributed by atoms with Gasteiger partial charge in [0.2, 0.25) is 0 Å². The van der Waals surface area contributed by atoms with Crippen LogP contribution in [0.1, 0.15) is 311 Å². The van der Waals surface area contributed by atoms with Gasteiger partial charge in [0.1, 0.15) is 31.7 Å². The third-order valence-corrected chi connectivity index (χ3v) is 18.1. The Bertz CT molecular complexity index is 1960. The molecule has 0 heterocycles. The van der Waals surface area contributed by atoms with Crippen LogP contribution >= 0.6 is 15.6 Å². The SMILES string of the molecule is CCCC=CC=CC1CC(O)C(O)C(=O)C1C=O.CCCCCCCCCCCC(=O)OCC(COP(=O)([O-])OCC(O)COP(=O)([O-])OCC(COC(=O)CCCCCCCCCCC)OC(=O)CCCCCCCCCCC)OC(=O)CCCCCCCCCCC.[Na+].[Na+]. The monoisotopic (exact) mass is 1420 g/mol. The Kier molecular flexibility index (Phi) is 70.4. The van der Waals surface area contributed by atoms with E-state index in [1.807, 2.05) is 12.2 Å². The Morgan fingerprint density at radius 2 is 0.760 bits per heavy atom. The van der Waals surface area contributed by atoms with Crippen molar-refractivity contribution in [3.8, 4) is 0 Å². The molecule has 8 unspecified atom stereocenters.